The summed E-state index contributed by atoms with van der Waals surface area (Å²) in [6, 6.07) is 0.542. The molecule has 0 saturated heterocycles. The fraction of sp³-hybridized carbons (Fsp3) is 0.750. The minimum Gasteiger partial charge on any atom is -0.382 e. The van der Waals surface area contributed by atoms with E-state index < -0.39 is 0 Å². The highest BCUT2D eigenvalue weighted by Gasteiger charge is 2.22. The normalized spacial score (nSPS) is 19.6. The second kappa shape index (κ2) is 5.23. The lowest BCUT2D eigenvalue weighted by molar-refractivity contribution is 0.313. The number of aromatic nitrogens is 2. The predicted molar refractivity (Wildman–Crippen MR) is 67.3 cm³/mol. The number of hydrogen-bond acceptors (Lipinski definition) is 3. The molecular formula is C12H22N4. The first-order valence-electron chi connectivity index (χ1n) is 6.36. The molecule has 4 nitrogen and oxygen atoms in total. The van der Waals surface area contributed by atoms with E-state index in [0.29, 0.717) is 11.9 Å². The fourth-order valence-corrected chi connectivity index (χ4v) is 2.70. The van der Waals surface area contributed by atoms with Gasteiger partial charge in [-0.1, -0.05) is 26.2 Å². The first kappa shape index (κ1) is 11.3. The van der Waals surface area contributed by atoms with Crippen LogP contribution in [0.15, 0.2) is 6.20 Å². The zero-order valence-electron chi connectivity index (χ0n) is 10.00. The molecule has 0 radical (unpaired) electrons. The van der Waals surface area contributed by atoms with Crippen molar-refractivity contribution >= 4 is 11.5 Å². The number of H-pyrrole nitrogens is 1. The van der Waals surface area contributed by atoms with Crippen molar-refractivity contribution in [3.05, 3.63) is 6.20 Å². The van der Waals surface area contributed by atoms with Crippen molar-refractivity contribution in [2.45, 2.75) is 51.5 Å². The van der Waals surface area contributed by atoms with Crippen LogP contribution in [0.4, 0.5) is 11.5 Å². The number of nitrogens with one attached hydrogen (secondary N) is 2. The summed E-state index contributed by atoms with van der Waals surface area (Å²) < 4.78 is 0. The molecule has 1 atom stereocenters. The van der Waals surface area contributed by atoms with Gasteiger partial charge in [0.15, 0.2) is 0 Å². The Kier molecular flexibility index (Phi) is 3.70. The molecular weight excluding hydrogens is 200 g/mol. The second-order valence-corrected chi connectivity index (χ2v) is 4.75. The van der Waals surface area contributed by atoms with Crippen LogP contribution >= 0.6 is 0 Å². The van der Waals surface area contributed by atoms with E-state index in [2.05, 4.69) is 22.4 Å². The molecule has 1 aliphatic rings. The Labute approximate surface area is 97.0 Å². The number of anilines is 2. The van der Waals surface area contributed by atoms with Gasteiger partial charge in [0.2, 0.25) is 0 Å². The third-order valence-electron chi connectivity index (χ3n) is 3.67. The molecule has 1 fully saturated rings. The number of nitrogen functional groups attached to an aromatic ring is 1. The van der Waals surface area contributed by atoms with Gasteiger partial charge in [0.05, 0.1) is 11.9 Å². The van der Waals surface area contributed by atoms with E-state index in [0.717, 1.165) is 18.0 Å². The number of hydrogen-bond donors (Lipinski definition) is 3. The molecule has 4 N–H and O–H groups in total. The standard InChI is InChI=1S/C12H22N4/c1-2-10(9-6-4-3-5-7-9)15-11-8-14-16-12(11)13/h8-10,15H,2-7H2,1H3,(H3,13,14,16). The summed E-state index contributed by atoms with van der Waals surface area (Å²) in [6.45, 7) is 2.24. The van der Waals surface area contributed by atoms with Gasteiger partial charge < -0.3 is 11.1 Å². The molecule has 1 aromatic heterocycles. The average molecular weight is 222 g/mol. The Balaban J connectivity index is 1.97. The van der Waals surface area contributed by atoms with E-state index in [1.54, 1.807) is 6.20 Å². The molecule has 90 valence electrons. The van der Waals surface area contributed by atoms with Crippen LogP contribution in [0.3, 0.4) is 0 Å². The van der Waals surface area contributed by atoms with Crippen molar-refractivity contribution < 1.29 is 0 Å². The molecule has 0 aromatic carbocycles. The summed E-state index contributed by atoms with van der Waals surface area (Å²) >= 11 is 0. The SMILES string of the molecule is CCC(Nc1cn[nH]c1N)C1CCCCC1. The third-order valence-corrected chi connectivity index (χ3v) is 3.67. The number of rotatable bonds is 4. The highest BCUT2D eigenvalue weighted by Crippen LogP contribution is 2.30. The van der Waals surface area contributed by atoms with Gasteiger partial charge in [-0.25, -0.2) is 0 Å². The van der Waals surface area contributed by atoms with Crippen LogP contribution in [0, 0.1) is 5.92 Å². The van der Waals surface area contributed by atoms with Crippen molar-refractivity contribution in [1.29, 1.82) is 0 Å². The maximum Gasteiger partial charge on any atom is 0.142 e. The van der Waals surface area contributed by atoms with Crippen LogP contribution in [0.2, 0.25) is 0 Å². The van der Waals surface area contributed by atoms with Gasteiger partial charge in [-0.2, -0.15) is 5.10 Å². The van der Waals surface area contributed by atoms with Gasteiger partial charge in [-0.15, -0.1) is 0 Å². The van der Waals surface area contributed by atoms with E-state index in [1.165, 1.54) is 32.1 Å². The lowest BCUT2D eigenvalue weighted by Crippen LogP contribution is -2.30. The van der Waals surface area contributed by atoms with Gasteiger partial charge in [0.1, 0.15) is 5.82 Å². The van der Waals surface area contributed by atoms with Crippen molar-refractivity contribution in [2.24, 2.45) is 5.92 Å². The topological polar surface area (TPSA) is 66.7 Å². The van der Waals surface area contributed by atoms with Gasteiger partial charge in [0, 0.05) is 6.04 Å². The highest BCUT2D eigenvalue weighted by molar-refractivity contribution is 5.60. The van der Waals surface area contributed by atoms with E-state index in [1.807, 2.05) is 0 Å². The smallest absolute Gasteiger partial charge is 0.142 e. The van der Waals surface area contributed by atoms with Crippen LogP contribution in [0.5, 0.6) is 0 Å². The Morgan fingerprint density at radius 1 is 1.50 bits per heavy atom. The van der Waals surface area contributed by atoms with Gasteiger partial charge >= 0.3 is 0 Å². The Bertz CT molecular complexity index is 315. The van der Waals surface area contributed by atoms with Crippen LogP contribution in [0.1, 0.15) is 45.4 Å². The maximum absolute atomic E-state index is 5.79. The summed E-state index contributed by atoms with van der Waals surface area (Å²) in [5, 5.41) is 10.2. The molecule has 2 rings (SSSR count). The van der Waals surface area contributed by atoms with Crippen LogP contribution in [-0.4, -0.2) is 16.2 Å². The quantitative estimate of drug-likeness (QED) is 0.734. The largest absolute Gasteiger partial charge is 0.382 e. The lowest BCUT2D eigenvalue weighted by Gasteiger charge is -2.30. The summed E-state index contributed by atoms with van der Waals surface area (Å²) in [7, 11) is 0. The minimum absolute atomic E-state index is 0.542. The molecule has 1 saturated carbocycles. The highest BCUT2D eigenvalue weighted by atomic mass is 15.2. The van der Waals surface area contributed by atoms with E-state index in [9.17, 15) is 0 Å². The zero-order valence-corrected chi connectivity index (χ0v) is 10.00. The van der Waals surface area contributed by atoms with Crippen LogP contribution < -0.4 is 11.1 Å². The summed E-state index contributed by atoms with van der Waals surface area (Å²) in [4.78, 5) is 0. The monoisotopic (exact) mass is 222 g/mol. The van der Waals surface area contributed by atoms with Crippen molar-refractivity contribution in [2.75, 3.05) is 11.1 Å². The molecule has 1 unspecified atom stereocenters. The Morgan fingerprint density at radius 2 is 2.25 bits per heavy atom. The molecule has 1 aromatic rings. The van der Waals surface area contributed by atoms with E-state index >= 15 is 0 Å². The summed E-state index contributed by atoms with van der Waals surface area (Å²) in [6.07, 6.45) is 9.79. The van der Waals surface area contributed by atoms with Gasteiger partial charge in [0.25, 0.3) is 0 Å². The first-order valence-corrected chi connectivity index (χ1v) is 6.36. The molecule has 1 heterocycles. The van der Waals surface area contributed by atoms with Gasteiger partial charge in [-0.3, -0.25) is 5.10 Å². The molecule has 16 heavy (non-hydrogen) atoms. The summed E-state index contributed by atoms with van der Waals surface area (Å²) in [5.41, 5.74) is 6.75. The van der Waals surface area contributed by atoms with Crippen LogP contribution in [0.25, 0.3) is 0 Å². The average Bonchev–Trinajstić information content (AvgIpc) is 2.73. The fourth-order valence-electron chi connectivity index (χ4n) is 2.70. The third kappa shape index (κ3) is 2.49. The number of nitrogens with two attached hydrogens (primary N) is 1. The van der Waals surface area contributed by atoms with E-state index in [4.69, 9.17) is 5.73 Å². The molecule has 0 aliphatic heterocycles. The molecule has 0 bridgehead atoms. The maximum atomic E-state index is 5.79. The summed E-state index contributed by atoms with van der Waals surface area (Å²) in [5.74, 6) is 1.45. The molecule has 4 heteroatoms. The van der Waals surface area contributed by atoms with Gasteiger partial charge in [-0.05, 0) is 25.2 Å². The van der Waals surface area contributed by atoms with E-state index in [-0.39, 0.29) is 0 Å². The second-order valence-electron chi connectivity index (χ2n) is 4.75. The van der Waals surface area contributed by atoms with Crippen molar-refractivity contribution in [1.82, 2.24) is 10.2 Å². The van der Waals surface area contributed by atoms with Crippen molar-refractivity contribution in [3.63, 3.8) is 0 Å². The van der Waals surface area contributed by atoms with Crippen molar-refractivity contribution in [3.8, 4) is 0 Å². The Hall–Kier alpha value is -1.19. The van der Waals surface area contributed by atoms with Crippen LogP contribution in [-0.2, 0) is 0 Å². The molecule has 0 spiro atoms. The first-order chi connectivity index (χ1) is 7.81. The lowest BCUT2D eigenvalue weighted by atomic mass is 9.83. The number of aromatic amines is 1. The number of nitrogens with zero attached hydrogens (tertiary/aromatic N) is 1. The molecule has 1 aliphatic carbocycles. The zero-order chi connectivity index (χ0) is 11.4. The molecule has 0 amide bonds. The predicted octanol–water partition coefficient (Wildman–Crippen LogP) is 2.76. The Morgan fingerprint density at radius 3 is 2.81 bits per heavy atom. The minimum atomic E-state index is 0.542.